The van der Waals surface area contributed by atoms with Gasteiger partial charge in [-0.3, -0.25) is 4.79 Å². The lowest BCUT2D eigenvalue weighted by atomic mass is 10.1. The molecule has 0 amide bonds. The van der Waals surface area contributed by atoms with Crippen LogP contribution in [0.15, 0.2) is 48.5 Å². The average molecular weight is 515 g/mol. The highest BCUT2D eigenvalue weighted by molar-refractivity contribution is 7.17. The molecule has 0 saturated heterocycles. The van der Waals surface area contributed by atoms with E-state index in [-0.39, 0.29) is 19.0 Å². The molecule has 35 heavy (non-hydrogen) atoms. The average Bonchev–Trinajstić information content (AvgIpc) is 3.24. The monoisotopic (exact) mass is 514 g/mol. The van der Waals surface area contributed by atoms with Crippen LogP contribution in [0.2, 0.25) is 5.02 Å². The van der Waals surface area contributed by atoms with Crippen molar-refractivity contribution in [2.24, 2.45) is 0 Å². The Morgan fingerprint density at radius 2 is 1.83 bits per heavy atom. The number of benzene rings is 2. The first kappa shape index (κ1) is 26.7. The maximum atomic E-state index is 12.8. The van der Waals surface area contributed by atoms with Crippen molar-refractivity contribution in [2.45, 2.75) is 53.2 Å². The minimum absolute atomic E-state index is 0.185. The predicted octanol–water partition coefficient (Wildman–Crippen LogP) is 6.69. The highest BCUT2D eigenvalue weighted by Gasteiger charge is 2.25. The molecule has 3 rings (SSSR count). The van der Waals surface area contributed by atoms with Crippen LogP contribution in [-0.2, 0) is 20.8 Å². The lowest BCUT2D eigenvalue weighted by Gasteiger charge is -2.24. The number of rotatable bonds is 9. The van der Waals surface area contributed by atoms with E-state index in [1.807, 2.05) is 75.1 Å². The summed E-state index contributed by atoms with van der Waals surface area (Å²) >= 11 is 7.62. The van der Waals surface area contributed by atoms with Crippen LogP contribution < -0.4 is 4.90 Å². The summed E-state index contributed by atoms with van der Waals surface area (Å²) in [5.41, 5.74) is 2.69. The van der Waals surface area contributed by atoms with E-state index in [4.69, 9.17) is 26.1 Å². The molecule has 0 radical (unpaired) electrons. The minimum Gasteiger partial charge on any atom is -0.462 e. The van der Waals surface area contributed by atoms with Crippen molar-refractivity contribution >= 4 is 40.0 Å². The number of anilines is 1. The highest BCUT2D eigenvalue weighted by Crippen LogP contribution is 2.36. The summed E-state index contributed by atoms with van der Waals surface area (Å²) in [4.78, 5) is 32.5. The van der Waals surface area contributed by atoms with E-state index in [9.17, 15) is 9.59 Å². The number of carbonyl (C=O) groups is 2. The van der Waals surface area contributed by atoms with E-state index in [0.717, 1.165) is 16.7 Å². The summed E-state index contributed by atoms with van der Waals surface area (Å²) in [6.45, 7) is 10.4. The summed E-state index contributed by atoms with van der Waals surface area (Å²) in [6.07, 6.45) is 0.185. The van der Waals surface area contributed by atoms with Gasteiger partial charge in [-0.15, -0.1) is 0 Å². The van der Waals surface area contributed by atoms with Gasteiger partial charge in [0.25, 0.3) is 0 Å². The topological polar surface area (TPSA) is 68.7 Å². The third-order valence-corrected chi connectivity index (χ3v) is 6.52. The number of nitrogens with zero attached hydrogens (tertiary/aromatic N) is 2. The van der Waals surface area contributed by atoms with Gasteiger partial charge in [0.05, 0.1) is 18.7 Å². The molecule has 0 unspecified atom stereocenters. The van der Waals surface area contributed by atoms with Gasteiger partial charge < -0.3 is 14.4 Å². The number of hydrogen-bond donors (Lipinski definition) is 0. The molecule has 0 N–H and O–H groups in total. The van der Waals surface area contributed by atoms with Crippen LogP contribution in [0.5, 0.6) is 0 Å². The molecule has 6 nitrogen and oxygen atoms in total. The Morgan fingerprint density at radius 1 is 1.11 bits per heavy atom. The van der Waals surface area contributed by atoms with E-state index in [2.05, 4.69) is 0 Å². The van der Waals surface area contributed by atoms with Crippen LogP contribution in [0.3, 0.4) is 0 Å². The summed E-state index contributed by atoms with van der Waals surface area (Å²) in [7, 11) is 0. The molecule has 0 fully saturated rings. The Labute approximate surface area is 215 Å². The van der Waals surface area contributed by atoms with Crippen LogP contribution in [0.4, 0.5) is 5.13 Å². The van der Waals surface area contributed by atoms with E-state index in [0.29, 0.717) is 33.8 Å². The van der Waals surface area contributed by atoms with E-state index in [1.165, 1.54) is 11.3 Å². The van der Waals surface area contributed by atoms with E-state index >= 15 is 0 Å². The maximum absolute atomic E-state index is 12.8. The van der Waals surface area contributed by atoms with Gasteiger partial charge in [-0.2, -0.15) is 0 Å². The highest BCUT2D eigenvalue weighted by atomic mass is 35.5. The van der Waals surface area contributed by atoms with Gasteiger partial charge >= 0.3 is 11.9 Å². The van der Waals surface area contributed by atoms with Crippen molar-refractivity contribution in [1.29, 1.82) is 0 Å². The molecule has 3 aromatic rings. The lowest BCUT2D eigenvalue weighted by molar-refractivity contribution is -0.154. The summed E-state index contributed by atoms with van der Waals surface area (Å²) in [6, 6.07) is 15.5. The molecule has 0 saturated carbocycles. The first-order chi connectivity index (χ1) is 16.6. The molecule has 0 atom stereocenters. The Hall–Kier alpha value is -2.90. The third kappa shape index (κ3) is 7.54. The normalized spacial score (nSPS) is 11.3. The van der Waals surface area contributed by atoms with Gasteiger partial charge in [0.15, 0.2) is 5.13 Å². The Balaban J connectivity index is 1.99. The largest absolute Gasteiger partial charge is 0.462 e. The zero-order valence-electron chi connectivity index (χ0n) is 20.8. The molecule has 0 bridgehead atoms. The smallest absolute Gasteiger partial charge is 0.350 e. The first-order valence-corrected chi connectivity index (χ1v) is 12.7. The van der Waals surface area contributed by atoms with Crippen LogP contribution in [-0.4, -0.2) is 35.7 Å². The predicted molar refractivity (Wildman–Crippen MR) is 141 cm³/mol. The lowest BCUT2D eigenvalue weighted by Crippen LogP contribution is -2.29. The third-order valence-electron chi connectivity index (χ3n) is 5.01. The van der Waals surface area contributed by atoms with Crippen molar-refractivity contribution < 1.29 is 19.1 Å². The minimum atomic E-state index is -0.558. The van der Waals surface area contributed by atoms with Crippen LogP contribution in [0.25, 0.3) is 11.3 Å². The zero-order chi connectivity index (χ0) is 25.6. The van der Waals surface area contributed by atoms with E-state index < -0.39 is 11.6 Å². The Morgan fingerprint density at radius 3 is 2.46 bits per heavy atom. The number of esters is 2. The first-order valence-electron chi connectivity index (χ1n) is 11.5. The number of thiazole rings is 1. The Kier molecular flexibility index (Phi) is 8.92. The molecule has 0 aliphatic carbocycles. The van der Waals surface area contributed by atoms with Crippen LogP contribution in [0, 0.1) is 6.92 Å². The second-order valence-electron chi connectivity index (χ2n) is 9.10. The molecule has 0 aliphatic rings. The zero-order valence-corrected chi connectivity index (χ0v) is 22.3. The van der Waals surface area contributed by atoms with Crippen LogP contribution in [0.1, 0.15) is 54.9 Å². The number of aromatic nitrogens is 1. The van der Waals surface area contributed by atoms with Crippen molar-refractivity contribution in [2.75, 3.05) is 18.1 Å². The van der Waals surface area contributed by atoms with E-state index in [1.54, 1.807) is 13.0 Å². The number of carbonyl (C=O) groups excluding carboxylic acids is 2. The molecular weight excluding hydrogens is 484 g/mol. The van der Waals surface area contributed by atoms with Gasteiger partial charge in [-0.25, -0.2) is 9.78 Å². The van der Waals surface area contributed by atoms with Gasteiger partial charge in [-0.05, 0) is 51.8 Å². The SMILES string of the molecule is CCOC(=O)c1sc(N(CCC(=O)OC(C)(C)C)Cc2ccccc2)nc1-c1ccc(C)c(Cl)c1. The fraction of sp³-hybridized carbons (Fsp3) is 0.370. The molecular formula is C27H31ClN2O4S. The van der Waals surface area contributed by atoms with Crippen molar-refractivity contribution in [3.8, 4) is 11.3 Å². The number of aryl methyl sites for hydroxylation is 1. The standard InChI is InChI=1S/C27H31ClN2O4S/c1-6-33-25(32)24-23(20-13-12-18(2)21(28)16-20)29-26(35-24)30(17-19-10-8-7-9-11-19)15-14-22(31)34-27(3,4)5/h7-13,16H,6,14-15,17H2,1-5H3. The summed E-state index contributed by atoms with van der Waals surface area (Å²) in [5.74, 6) is -0.724. The summed E-state index contributed by atoms with van der Waals surface area (Å²) in [5, 5.41) is 1.21. The van der Waals surface area contributed by atoms with Gasteiger partial charge in [-0.1, -0.05) is 65.4 Å². The van der Waals surface area contributed by atoms with Crippen molar-refractivity contribution in [3.63, 3.8) is 0 Å². The van der Waals surface area contributed by atoms with Crippen molar-refractivity contribution in [3.05, 3.63) is 69.6 Å². The molecule has 186 valence electrons. The molecule has 2 aromatic carbocycles. The second-order valence-corrected chi connectivity index (χ2v) is 10.5. The van der Waals surface area contributed by atoms with Gasteiger partial charge in [0.2, 0.25) is 0 Å². The fourth-order valence-electron chi connectivity index (χ4n) is 3.38. The molecule has 0 aliphatic heterocycles. The van der Waals surface area contributed by atoms with Crippen LogP contribution >= 0.6 is 22.9 Å². The fourth-order valence-corrected chi connectivity index (χ4v) is 4.57. The molecule has 1 aromatic heterocycles. The van der Waals surface area contributed by atoms with Gasteiger partial charge in [0, 0.05) is 23.7 Å². The van der Waals surface area contributed by atoms with Crippen molar-refractivity contribution in [1.82, 2.24) is 4.98 Å². The Bertz CT molecular complexity index is 1170. The molecule has 1 heterocycles. The number of halogens is 1. The number of ether oxygens (including phenoxy) is 2. The van der Waals surface area contributed by atoms with Gasteiger partial charge in [0.1, 0.15) is 10.5 Å². The maximum Gasteiger partial charge on any atom is 0.350 e. The quantitative estimate of drug-likeness (QED) is 0.296. The number of hydrogen-bond acceptors (Lipinski definition) is 7. The summed E-state index contributed by atoms with van der Waals surface area (Å²) < 4.78 is 10.8. The second kappa shape index (κ2) is 11.7. The molecule has 8 heteroatoms. The molecule has 0 spiro atoms.